The molecule has 2 radical (unpaired) electrons. The average Bonchev–Trinajstić information content (AvgIpc) is 2.30. The molecule has 0 unspecified atom stereocenters. The second-order valence-corrected chi connectivity index (χ2v) is 3.54. The molecule has 1 saturated heterocycles. The van der Waals surface area contributed by atoms with E-state index >= 15 is 0 Å². The van der Waals surface area contributed by atoms with E-state index in [4.69, 9.17) is 21.1 Å². The molecule has 15 heavy (non-hydrogen) atoms. The monoisotopic (exact) mass is 206 g/mol. The smallest absolute Gasteiger partial charge is 0.183 e. The zero-order valence-corrected chi connectivity index (χ0v) is 8.68. The molecule has 80 valence electrons. The molecule has 0 bridgehead atoms. The molecule has 1 fully saturated rings. The Bertz CT molecular complexity index is 316. The van der Waals surface area contributed by atoms with Gasteiger partial charge in [0.1, 0.15) is 5.75 Å². The first-order valence-electron chi connectivity index (χ1n) is 4.92. The summed E-state index contributed by atoms with van der Waals surface area (Å²) in [6, 6.07) is 7.65. The Morgan fingerprint density at radius 2 is 2.07 bits per heavy atom. The highest BCUT2D eigenvalue weighted by Crippen LogP contribution is 2.26. The van der Waals surface area contributed by atoms with Gasteiger partial charge in [0, 0.05) is 11.5 Å². The van der Waals surface area contributed by atoms with Crippen molar-refractivity contribution >= 4 is 0 Å². The van der Waals surface area contributed by atoms with Crippen LogP contribution in [0.15, 0.2) is 24.3 Å². The Morgan fingerprint density at radius 3 is 2.73 bits per heavy atom. The highest BCUT2D eigenvalue weighted by atomic mass is 16.7. The lowest BCUT2D eigenvalue weighted by atomic mass is 10.1. The first-order valence-corrected chi connectivity index (χ1v) is 4.92. The number of ether oxygens (including phenoxy) is 3. The minimum Gasteiger partial charge on any atom is -0.497 e. The van der Waals surface area contributed by atoms with Crippen LogP contribution in [0, 0.1) is 12.8 Å². The van der Waals surface area contributed by atoms with Crippen LogP contribution in [0.2, 0.25) is 0 Å². The fraction of sp³-hybridized carbons (Fsp3) is 0.417. The van der Waals surface area contributed by atoms with Crippen LogP contribution in [0.1, 0.15) is 11.9 Å². The molecule has 0 spiro atoms. The molecule has 1 heterocycles. The van der Waals surface area contributed by atoms with Crippen LogP contribution in [0.4, 0.5) is 0 Å². The van der Waals surface area contributed by atoms with Crippen LogP contribution >= 0.6 is 0 Å². The van der Waals surface area contributed by atoms with E-state index in [1.807, 2.05) is 24.3 Å². The van der Waals surface area contributed by atoms with Gasteiger partial charge in [0.05, 0.1) is 20.3 Å². The fourth-order valence-corrected chi connectivity index (χ4v) is 1.50. The largest absolute Gasteiger partial charge is 0.497 e. The Balaban J connectivity index is 2.08. The van der Waals surface area contributed by atoms with Crippen molar-refractivity contribution in [2.45, 2.75) is 6.29 Å². The third kappa shape index (κ3) is 2.49. The van der Waals surface area contributed by atoms with Crippen molar-refractivity contribution in [2.75, 3.05) is 20.3 Å². The molecule has 1 aliphatic rings. The van der Waals surface area contributed by atoms with Crippen molar-refractivity contribution in [3.8, 4) is 5.75 Å². The third-order valence-corrected chi connectivity index (χ3v) is 2.29. The zero-order chi connectivity index (χ0) is 10.7. The SMILES string of the molecule is [CH]C1COC(c2cccc(OC)c2)OC1. The number of benzene rings is 1. The van der Waals surface area contributed by atoms with Gasteiger partial charge in [-0.25, -0.2) is 0 Å². The third-order valence-electron chi connectivity index (χ3n) is 2.29. The van der Waals surface area contributed by atoms with Crippen LogP contribution in [0.5, 0.6) is 5.75 Å². The maximum absolute atomic E-state index is 5.66. The minimum absolute atomic E-state index is 0.0214. The second-order valence-electron chi connectivity index (χ2n) is 3.54. The molecule has 3 heteroatoms. The van der Waals surface area contributed by atoms with Crippen molar-refractivity contribution in [1.29, 1.82) is 0 Å². The zero-order valence-electron chi connectivity index (χ0n) is 8.68. The van der Waals surface area contributed by atoms with Crippen LogP contribution in [-0.4, -0.2) is 20.3 Å². The summed E-state index contributed by atoms with van der Waals surface area (Å²) in [5.41, 5.74) is 0.959. The van der Waals surface area contributed by atoms with Crippen molar-refractivity contribution in [3.05, 3.63) is 36.8 Å². The second kappa shape index (κ2) is 4.64. The summed E-state index contributed by atoms with van der Waals surface area (Å²) < 4.78 is 16.1. The van der Waals surface area contributed by atoms with E-state index in [0.717, 1.165) is 11.3 Å². The Morgan fingerprint density at radius 1 is 1.33 bits per heavy atom. The number of rotatable bonds is 2. The molecule has 0 atom stereocenters. The van der Waals surface area contributed by atoms with E-state index in [9.17, 15) is 0 Å². The maximum atomic E-state index is 5.66. The Hall–Kier alpha value is -1.06. The summed E-state index contributed by atoms with van der Waals surface area (Å²) in [5, 5.41) is 0. The van der Waals surface area contributed by atoms with Gasteiger partial charge in [-0.05, 0) is 19.1 Å². The van der Waals surface area contributed by atoms with Gasteiger partial charge in [0.15, 0.2) is 6.29 Å². The Labute approximate surface area is 90.0 Å². The van der Waals surface area contributed by atoms with E-state index in [0.29, 0.717) is 13.2 Å². The lowest BCUT2D eigenvalue weighted by Gasteiger charge is -2.27. The Kier molecular flexibility index (Phi) is 3.23. The van der Waals surface area contributed by atoms with Gasteiger partial charge in [-0.2, -0.15) is 0 Å². The highest BCUT2D eigenvalue weighted by Gasteiger charge is 2.21. The van der Waals surface area contributed by atoms with Crippen molar-refractivity contribution in [3.63, 3.8) is 0 Å². The van der Waals surface area contributed by atoms with Gasteiger partial charge in [-0.3, -0.25) is 0 Å². The molecule has 0 aliphatic carbocycles. The van der Waals surface area contributed by atoms with E-state index in [1.54, 1.807) is 7.11 Å². The summed E-state index contributed by atoms with van der Waals surface area (Å²) in [7, 11) is 1.64. The van der Waals surface area contributed by atoms with Crippen LogP contribution in [-0.2, 0) is 9.47 Å². The van der Waals surface area contributed by atoms with Crippen LogP contribution < -0.4 is 4.74 Å². The summed E-state index contributed by atoms with van der Waals surface area (Å²) in [6.45, 7) is 6.72. The first-order chi connectivity index (χ1) is 7.29. The average molecular weight is 206 g/mol. The molecule has 1 aromatic carbocycles. The number of hydrogen-bond donors (Lipinski definition) is 0. The highest BCUT2D eigenvalue weighted by molar-refractivity contribution is 5.29. The summed E-state index contributed by atoms with van der Waals surface area (Å²) in [6.07, 6.45) is -0.320. The molecular formula is C12H14O3. The van der Waals surface area contributed by atoms with E-state index < -0.39 is 0 Å². The van der Waals surface area contributed by atoms with Crippen molar-refractivity contribution in [2.24, 2.45) is 5.92 Å². The molecule has 2 rings (SSSR count). The van der Waals surface area contributed by atoms with Crippen molar-refractivity contribution < 1.29 is 14.2 Å². The van der Waals surface area contributed by atoms with Crippen LogP contribution in [0.3, 0.4) is 0 Å². The quantitative estimate of drug-likeness (QED) is 0.741. The summed E-state index contributed by atoms with van der Waals surface area (Å²) >= 11 is 0. The van der Waals surface area contributed by atoms with Gasteiger partial charge >= 0.3 is 0 Å². The first kappa shape index (κ1) is 10.5. The molecule has 3 nitrogen and oxygen atoms in total. The summed E-state index contributed by atoms with van der Waals surface area (Å²) in [5.74, 6) is 0.779. The van der Waals surface area contributed by atoms with Gasteiger partial charge in [0.2, 0.25) is 0 Å². The lowest BCUT2D eigenvalue weighted by Crippen LogP contribution is -2.25. The maximum Gasteiger partial charge on any atom is 0.183 e. The molecule has 0 aromatic heterocycles. The standard InChI is InChI=1S/C12H14O3/c1-9-7-14-12(15-8-9)10-4-3-5-11(6-10)13-2/h1,3-6,9,12H,7-8H2,2H3. The van der Waals surface area contributed by atoms with Crippen LogP contribution in [0.25, 0.3) is 0 Å². The predicted molar refractivity (Wildman–Crippen MR) is 55.4 cm³/mol. The topological polar surface area (TPSA) is 27.7 Å². The normalized spacial score (nSPS) is 26.3. The molecular weight excluding hydrogens is 192 g/mol. The van der Waals surface area contributed by atoms with Gasteiger partial charge < -0.3 is 14.2 Å². The van der Waals surface area contributed by atoms with Gasteiger partial charge in [-0.15, -0.1) is 0 Å². The van der Waals surface area contributed by atoms with Gasteiger partial charge in [0.25, 0.3) is 0 Å². The fourth-order valence-electron chi connectivity index (χ4n) is 1.50. The van der Waals surface area contributed by atoms with Crippen molar-refractivity contribution in [1.82, 2.24) is 0 Å². The lowest BCUT2D eigenvalue weighted by molar-refractivity contribution is -0.198. The number of methoxy groups -OCH3 is 1. The predicted octanol–water partition coefficient (Wildman–Crippen LogP) is 2.07. The molecule has 0 N–H and O–H groups in total. The van der Waals surface area contributed by atoms with Gasteiger partial charge in [-0.1, -0.05) is 12.1 Å². The molecule has 1 aromatic rings. The molecule has 0 amide bonds. The van der Waals surface area contributed by atoms with E-state index in [2.05, 4.69) is 0 Å². The van der Waals surface area contributed by atoms with E-state index in [1.165, 1.54) is 0 Å². The van der Waals surface area contributed by atoms with E-state index in [-0.39, 0.29) is 12.2 Å². The summed E-state index contributed by atoms with van der Waals surface area (Å²) in [4.78, 5) is 0. The molecule has 1 aliphatic heterocycles. The molecule has 0 saturated carbocycles. The number of hydrogen-bond acceptors (Lipinski definition) is 3. The minimum atomic E-state index is -0.320.